The molecule has 0 fully saturated rings. The Morgan fingerprint density at radius 3 is 2.12 bits per heavy atom. The van der Waals surface area contributed by atoms with Crippen molar-refractivity contribution >= 4 is 21.6 Å². The molecule has 0 aliphatic rings. The molecule has 0 aromatic heterocycles. The van der Waals surface area contributed by atoms with Gasteiger partial charge in [0.1, 0.15) is 4.91 Å². The summed E-state index contributed by atoms with van der Waals surface area (Å²) in [4.78, 5) is 20.9. The van der Waals surface area contributed by atoms with E-state index in [1.165, 1.54) is 24.3 Å². The quantitative estimate of drug-likeness (QED) is 0.810. The lowest BCUT2D eigenvalue weighted by atomic mass is 10.4. The topological polar surface area (TPSA) is 88.5 Å². The van der Waals surface area contributed by atoms with Crippen molar-refractivity contribution in [2.75, 3.05) is 0 Å². The predicted octanol–water partition coefficient (Wildman–Crippen LogP) is 1.02. The first-order valence-electron chi connectivity index (χ1n) is 4.61. The van der Waals surface area contributed by atoms with Crippen molar-refractivity contribution in [1.29, 1.82) is 0 Å². The van der Waals surface area contributed by atoms with Crippen LogP contribution >= 0.6 is 0 Å². The van der Waals surface area contributed by atoms with Gasteiger partial charge in [-0.25, -0.2) is 13.2 Å². The van der Waals surface area contributed by atoms with Crippen LogP contribution in [0.2, 0.25) is 0 Å². The number of carboxylic acid groups (broad SMARTS) is 1. The normalized spacial score (nSPS) is 12.2. The summed E-state index contributed by atoms with van der Waals surface area (Å²) >= 11 is 0. The van der Waals surface area contributed by atoms with Crippen LogP contribution in [0, 0.1) is 0 Å². The largest absolute Gasteiger partial charge is 0.478 e. The number of Topliss-reactive ketones (excluding diaryl/α,β-unsaturated/α-hetero) is 1. The summed E-state index contributed by atoms with van der Waals surface area (Å²) < 4.78 is 23.9. The number of hydrogen-bond donors (Lipinski definition) is 1. The molecule has 1 rings (SSSR count). The molecule has 0 bridgehead atoms. The molecule has 17 heavy (non-hydrogen) atoms. The maximum atomic E-state index is 12.0. The summed E-state index contributed by atoms with van der Waals surface area (Å²) in [6.45, 7) is 1.01. The molecule has 0 unspecified atom stereocenters. The summed E-state index contributed by atoms with van der Waals surface area (Å²) in [7, 11) is -4.06. The molecule has 0 spiro atoms. The number of benzene rings is 1. The number of sulfone groups is 1. The van der Waals surface area contributed by atoms with Crippen molar-refractivity contribution in [1.82, 2.24) is 0 Å². The first kappa shape index (κ1) is 13.1. The molecule has 5 nitrogen and oxygen atoms in total. The fraction of sp³-hybridized carbons (Fsp3) is 0.0909. The molecule has 1 N–H and O–H groups in total. The lowest BCUT2D eigenvalue weighted by Gasteiger charge is -2.04. The lowest BCUT2D eigenvalue weighted by Crippen LogP contribution is -2.13. The highest BCUT2D eigenvalue weighted by molar-refractivity contribution is 7.96. The number of ketones is 1. The van der Waals surface area contributed by atoms with Crippen molar-refractivity contribution in [3.8, 4) is 0 Å². The fourth-order valence-electron chi connectivity index (χ4n) is 1.21. The molecular weight excluding hydrogens is 244 g/mol. The van der Waals surface area contributed by atoms with Crippen molar-refractivity contribution < 1.29 is 23.1 Å². The number of carbonyl (C=O) groups excluding carboxylic acids is 1. The Morgan fingerprint density at radius 1 is 1.18 bits per heavy atom. The van der Waals surface area contributed by atoms with Crippen LogP contribution in [-0.2, 0) is 19.4 Å². The van der Waals surface area contributed by atoms with Gasteiger partial charge in [-0.05, 0) is 19.1 Å². The third kappa shape index (κ3) is 3.01. The average Bonchev–Trinajstić information content (AvgIpc) is 2.26. The Labute approximate surface area is 98.3 Å². The van der Waals surface area contributed by atoms with E-state index in [9.17, 15) is 18.0 Å². The molecule has 0 saturated heterocycles. The van der Waals surface area contributed by atoms with Crippen LogP contribution in [0.3, 0.4) is 0 Å². The number of rotatable bonds is 4. The number of allylic oxidation sites excluding steroid dienone is 1. The number of hydrogen-bond acceptors (Lipinski definition) is 4. The van der Waals surface area contributed by atoms with E-state index in [2.05, 4.69) is 0 Å². The van der Waals surface area contributed by atoms with Gasteiger partial charge in [-0.15, -0.1) is 0 Å². The van der Waals surface area contributed by atoms with Gasteiger partial charge in [0.05, 0.1) is 4.90 Å². The van der Waals surface area contributed by atoms with Crippen LogP contribution < -0.4 is 0 Å². The van der Waals surface area contributed by atoms with Crippen LogP contribution in [0.1, 0.15) is 6.92 Å². The van der Waals surface area contributed by atoms with E-state index >= 15 is 0 Å². The number of carboxylic acids is 1. The SMILES string of the molecule is CC(=O)C(=CC(=O)O)S(=O)(=O)c1ccccc1. The van der Waals surface area contributed by atoms with E-state index in [0.717, 1.165) is 6.92 Å². The lowest BCUT2D eigenvalue weighted by molar-refractivity contribution is -0.131. The molecule has 0 heterocycles. The van der Waals surface area contributed by atoms with Crippen molar-refractivity contribution in [3.05, 3.63) is 41.3 Å². The first-order chi connectivity index (χ1) is 7.85. The van der Waals surface area contributed by atoms with Gasteiger partial charge in [0, 0.05) is 6.08 Å². The molecule has 0 aliphatic heterocycles. The van der Waals surface area contributed by atoms with Crippen molar-refractivity contribution in [3.63, 3.8) is 0 Å². The van der Waals surface area contributed by atoms with E-state index in [4.69, 9.17) is 5.11 Å². The van der Waals surface area contributed by atoms with Gasteiger partial charge in [-0.3, -0.25) is 4.79 Å². The summed E-state index contributed by atoms with van der Waals surface area (Å²) in [5.41, 5.74) is 0. The molecule has 1 aromatic rings. The molecule has 0 atom stereocenters. The zero-order chi connectivity index (χ0) is 13.1. The fourth-order valence-corrected chi connectivity index (χ4v) is 2.61. The minimum Gasteiger partial charge on any atom is -0.478 e. The van der Waals surface area contributed by atoms with Crippen molar-refractivity contribution in [2.24, 2.45) is 0 Å². The maximum Gasteiger partial charge on any atom is 0.329 e. The summed E-state index contributed by atoms with van der Waals surface area (Å²) in [6, 6.07) is 7.20. The predicted molar refractivity (Wildman–Crippen MR) is 60.0 cm³/mol. The van der Waals surface area contributed by atoms with E-state index in [0.29, 0.717) is 6.08 Å². The minimum absolute atomic E-state index is 0.109. The Hall–Kier alpha value is -1.95. The Morgan fingerprint density at radius 2 is 1.71 bits per heavy atom. The standard InChI is InChI=1S/C11H10O5S/c1-8(12)10(7-11(13)14)17(15,16)9-5-3-2-4-6-9/h2-7H,1H3,(H,13,14). The summed E-state index contributed by atoms with van der Waals surface area (Å²) in [6.07, 6.45) is 0.407. The summed E-state index contributed by atoms with van der Waals surface area (Å²) in [5.74, 6) is -2.29. The van der Waals surface area contributed by atoms with Gasteiger partial charge >= 0.3 is 5.97 Å². The number of aliphatic carboxylic acids is 1. The van der Waals surface area contributed by atoms with Gasteiger partial charge in [-0.1, -0.05) is 18.2 Å². The molecule has 1 aromatic carbocycles. The van der Waals surface area contributed by atoms with Gasteiger partial charge in [0.15, 0.2) is 5.78 Å². The monoisotopic (exact) mass is 254 g/mol. The van der Waals surface area contributed by atoms with E-state index in [1.807, 2.05) is 0 Å². The van der Waals surface area contributed by atoms with Crippen molar-refractivity contribution in [2.45, 2.75) is 11.8 Å². The van der Waals surface area contributed by atoms with Gasteiger partial charge in [0.2, 0.25) is 9.84 Å². The van der Waals surface area contributed by atoms with Gasteiger partial charge < -0.3 is 5.11 Å². The Bertz CT molecular complexity index is 569. The molecule has 0 radical (unpaired) electrons. The van der Waals surface area contributed by atoms with E-state index < -0.39 is 26.5 Å². The molecule has 0 saturated carbocycles. The van der Waals surface area contributed by atoms with Crippen LogP contribution in [0.15, 0.2) is 46.2 Å². The molecule has 0 aliphatic carbocycles. The van der Waals surface area contributed by atoms with Crippen LogP contribution in [0.25, 0.3) is 0 Å². The third-order valence-electron chi connectivity index (χ3n) is 1.94. The van der Waals surface area contributed by atoms with Gasteiger partial charge in [0.25, 0.3) is 0 Å². The zero-order valence-electron chi connectivity index (χ0n) is 8.95. The Kier molecular flexibility index (Phi) is 3.80. The molecule has 0 amide bonds. The molecular formula is C11H10O5S. The second-order valence-electron chi connectivity index (χ2n) is 3.22. The average molecular weight is 254 g/mol. The zero-order valence-corrected chi connectivity index (χ0v) is 9.77. The molecule has 90 valence electrons. The summed E-state index contributed by atoms with van der Waals surface area (Å²) in [5, 5.41) is 8.55. The highest BCUT2D eigenvalue weighted by Gasteiger charge is 2.25. The van der Waals surface area contributed by atoms with Crippen LogP contribution in [0.5, 0.6) is 0 Å². The smallest absolute Gasteiger partial charge is 0.329 e. The third-order valence-corrected chi connectivity index (χ3v) is 3.82. The highest BCUT2D eigenvalue weighted by atomic mass is 32.2. The van der Waals surface area contributed by atoms with Crippen LogP contribution in [-0.4, -0.2) is 25.3 Å². The van der Waals surface area contributed by atoms with E-state index in [-0.39, 0.29) is 4.90 Å². The maximum absolute atomic E-state index is 12.0. The van der Waals surface area contributed by atoms with Gasteiger partial charge in [-0.2, -0.15) is 0 Å². The minimum atomic E-state index is -4.06. The van der Waals surface area contributed by atoms with Crippen LogP contribution in [0.4, 0.5) is 0 Å². The number of carbonyl (C=O) groups is 2. The molecule has 6 heteroatoms. The highest BCUT2D eigenvalue weighted by Crippen LogP contribution is 2.19. The Balaban J connectivity index is 3.40. The first-order valence-corrected chi connectivity index (χ1v) is 6.09. The second kappa shape index (κ2) is 4.92. The van der Waals surface area contributed by atoms with E-state index in [1.54, 1.807) is 6.07 Å². The second-order valence-corrected chi connectivity index (χ2v) is 5.14.